The number of ether oxygens (including phenoxy) is 1. The van der Waals surface area contributed by atoms with E-state index >= 15 is 0 Å². The molecule has 146 valence electrons. The molecule has 0 bridgehead atoms. The second-order valence-electron chi connectivity index (χ2n) is 8.99. The monoisotopic (exact) mass is 371 g/mol. The first-order valence-electron chi connectivity index (χ1n) is 9.25. The highest BCUT2D eigenvalue weighted by molar-refractivity contribution is 5.94. The minimum Gasteiger partial charge on any atom is -0.443 e. The standard InChI is InChI=1S/C21H29N3O3/c1-7-20(5,6)21-12-14(16(22)25)23-17(21)24(18(26)27-19(2,3)4)15-11-9-8-10-13(15)21/h7-11,14,17,23H,1,12H2,2-6H3,(H2,22,25)/t14-,17+,21+/m0/s1. The number of primary amides is 1. The van der Waals surface area contributed by atoms with Crippen LogP contribution in [0.1, 0.15) is 46.6 Å². The Bertz CT molecular complexity index is 796. The van der Waals surface area contributed by atoms with E-state index in [4.69, 9.17) is 10.5 Å². The number of allylic oxidation sites excluding steroid dienone is 1. The van der Waals surface area contributed by atoms with Crippen LogP contribution in [0.2, 0.25) is 0 Å². The average molecular weight is 371 g/mol. The molecule has 1 saturated heterocycles. The summed E-state index contributed by atoms with van der Waals surface area (Å²) in [5.74, 6) is -0.426. The molecule has 1 aromatic carbocycles. The molecule has 3 rings (SSSR count). The van der Waals surface area contributed by atoms with E-state index < -0.39 is 40.6 Å². The Morgan fingerprint density at radius 2 is 1.93 bits per heavy atom. The van der Waals surface area contributed by atoms with Crippen LogP contribution in [0, 0.1) is 5.41 Å². The first kappa shape index (κ1) is 19.4. The largest absolute Gasteiger partial charge is 0.443 e. The number of carbonyl (C=O) groups excluding carboxylic acids is 2. The average Bonchev–Trinajstić information content (AvgIpc) is 3.07. The Morgan fingerprint density at radius 1 is 1.30 bits per heavy atom. The molecule has 6 nitrogen and oxygen atoms in total. The molecule has 2 heterocycles. The summed E-state index contributed by atoms with van der Waals surface area (Å²) in [7, 11) is 0. The maximum absolute atomic E-state index is 13.1. The Morgan fingerprint density at radius 3 is 2.48 bits per heavy atom. The quantitative estimate of drug-likeness (QED) is 0.800. The fraction of sp³-hybridized carbons (Fsp3) is 0.524. The van der Waals surface area contributed by atoms with Gasteiger partial charge in [-0.25, -0.2) is 4.79 Å². The summed E-state index contributed by atoms with van der Waals surface area (Å²) in [5, 5.41) is 3.30. The molecule has 0 aliphatic carbocycles. The molecule has 2 aliphatic heterocycles. The number of nitrogens with two attached hydrogens (primary N) is 1. The fourth-order valence-electron chi connectivity index (χ4n) is 4.42. The molecular weight excluding hydrogens is 342 g/mol. The van der Waals surface area contributed by atoms with E-state index in [0.717, 1.165) is 11.3 Å². The van der Waals surface area contributed by atoms with E-state index in [1.165, 1.54) is 0 Å². The number of para-hydroxylation sites is 1. The van der Waals surface area contributed by atoms with Crippen molar-refractivity contribution >= 4 is 17.7 Å². The first-order valence-corrected chi connectivity index (χ1v) is 9.25. The van der Waals surface area contributed by atoms with Crippen LogP contribution in [-0.4, -0.2) is 29.8 Å². The van der Waals surface area contributed by atoms with Gasteiger partial charge in [0.1, 0.15) is 11.8 Å². The van der Waals surface area contributed by atoms with Crippen molar-refractivity contribution in [2.24, 2.45) is 11.1 Å². The Hall–Kier alpha value is -2.34. The maximum Gasteiger partial charge on any atom is 0.416 e. The van der Waals surface area contributed by atoms with Crippen molar-refractivity contribution in [2.75, 3.05) is 4.90 Å². The van der Waals surface area contributed by atoms with Gasteiger partial charge in [0, 0.05) is 5.41 Å². The molecular formula is C21H29N3O3. The zero-order valence-corrected chi connectivity index (χ0v) is 16.7. The normalized spacial score (nSPS) is 27.1. The van der Waals surface area contributed by atoms with Crippen molar-refractivity contribution < 1.29 is 14.3 Å². The summed E-state index contributed by atoms with van der Waals surface area (Å²) in [6.45, 7) is 13.7. The van der Waals surface area contributed by atoms with Crippen LogP contribution < -0.4 is 16.0 Å². The molecule has 0 radical (unpaired) electrons. The summed E-state index contributed by atoms with van der Waals surface area (Å²) in [6, 6.07) is 7.25. The zero-order chi connectivity index (χ0) is 20.2. The SMILES string of the molecule is C=CC(C)(C)[C@@]12C[C@@H](C(N)=O)N[C@@H]1N(C(=O)OC(C)(C)C)c1ccccc12. The lowest BCUT2D eigenvalue weighted by Gasteiger charge is -2.43. The first-order chi connectivity index (χ1) is 12.4. The summed E-state index contributed by atoms with van der Waals surface area (Å²) in [6.07, 6.45) is 1.48. The van der Waals surface area contributed by atoms with Crippen molar-refractivity contribution in [3.05, 3.63) is 42.5 Å². The van der Waals surface area contributed by atoms with Gasteiger partial charge in [-0.05, 0) is 44.2 Å². The van der Waals surface area contributed by atoms with Gasteiger partial charge in [-0.3, -0.25) is 15.0 Å². The minimum absolute atomic E-state index is 0.401. The molecule has 3 atom stereocenters. The van der Waals surface area contributed by atoms with Crippen molar-refractivity contribution in [1.82, 2.24) is 5.32 Å². The molecule has 3 N–H and O–H groups in total. The number of amides is 2. The third kappa shape index (κ3) is 2.83. The van der Waals surface area contributed by atoms with Crippen molar-refractivity contribution in [3.63, 3.8) is 0 Å². The topological polar surface area (TPSA) is 84.7 Å². The molecule has 2 amide bonds. The molecule has 1 aromatic rings. The Kier molecular flexibility index (Phi) is 4.38. The van der Waals surface area contributed by atoms with Gasteiger partial charge >= 0.3 is 6.09 Å². The fourth-order valence-corrected chi connectivity index (χ4v) is 4.42. The molecule has 1 fully saturated rings. The van der Waals surface area contributed by atoms with Crippen LogP contribution in [0.15, 0.2) is 36.9 Å². The van der Waals surface area contributed by atoms with Gasteiger partial charge in [0.15, 0.2) is 0 Å². The summed E-state index contributed by atoms with van der Waals surface area (Å²) < 4.78 is 5.68. The summed E-state index contributed by atoms with van der Waals surface area (Å²) in [5.41, 5.74) is 5.85. The maximum atomic E-state index is 13.1. The Balaban J connectivity index is 2.20. The number of hydrogen-bond donors (Lipinski definition) is 2. The van der Waals surface area contributed by atoms with Crippen LogP contribution in [0.25, 0.3) is 0 Å². The third-order valence-electron chi connectivity index (χ3n) is 5.85. The minimum atomic E-state index is -0.632. The number of fused-ring (bicyclic) bond motifs is 3. The lowest BCUT2D eigenvalue weighted by atomic mass is 9.60. The number of hydrogen-bond acceptors (Lipinski definition) is 4. The van der Waals surface area contributed by atoms with Gasteiger partial charge < -0.3 is 10.5 Å². The molecule has 27 heavy (non-hydrogen) atoms. The van der Waals surface area contributed by atoms with Gasteiger partial charge in [0.05, 0.1) is 11.7 Å². The Labute approximate surface area is 160 Å². The van der Waals surface area contributed by atoms with Crippen molar-refractivity contribution in [1.29, 1.82) is 0 Å². The lowest BCUT2D eigenvalue weighted by Crippen LogP contribution is -2.56. The van der Waals surface area contributed by atoms with Gasteiger partial charge in [-0.15, -0.1) is 6.58 Å². The molecule has 6 heteroatoms. The second-order valence-corrected chi connectivity index (χ2v) is 8.99. The number of nitrogens with one attached hydrogen (secondary N) is 1. The van der Waals surface area contributed by atoms with Crippen LogP contribution in [0.4, 0.5) is 10.5 Å². The molecule has 0 spiro atoms. The van der Waals surface area contributed by atoms with Crippen LogP contribution in [0.3, 0.4) is 0 Å². The number of nitrogens with zero attached hydrogens (tertiary/aromatic N) is 1. The zero-order valence-electron chi connectivity index (χ0n) is 16.7. The van der Waals surface area contributed by atoms with E-state index in [1.54, 1.807) is 4.90 Å². The highest BCUT2D eigenvalue weighted by Crippen LogP contribution is 2.59. The van der Waals surface area contributed by atoms with Crippen LogP contribution in [0.5, 0.6) is 0 Å². The predicted octanol–water partition coefficient (Wildman–Crippen LogP) is 3.07. The molecule has 0 saturated carbocycles. The number of rotatable bonds is 3. The van der Waals surface area contributed by atoms with Gasteiger partial charge in [0.25, 0.3) is 0 Å². The van der Waals surface area contributed by atoms with E-state index in [2.05, 4.69) is 25.7 Å². The molecule has 2 aliphatic rings. The van der Waals surface area contributed by atoms with E-state index in [0.29, 0.717) is 6.42 Å². The van der Waals surface area contributed by atoms with E-state index in [1.807, 2.05) is 51.1 Å². The third-order valence-corrected chi connectivity index (χ3v) is 5.85. The van der Waals surface area contributed by atoms with Crippen molar-refractivity contribution in [3.8, 4) is 0 Å². The van der Waals surface area contributed by atoms with Crippen molar-refractivity contribution in [2.45, 2.75) is 64.3 Å². The van der Waals surface area contributed by atoms with Gasteiger partial charge in [0.2, 0.25) is 5.91 Å². The van der Waals surface area contributed by atoms with E-state index in [9.17, 15) is 9.59 Å². The number of benzene rings is 1. The summed E-state index contributed by atoms with van der Waals surface area (Å²) >= 11 is 0. The second kappa shape index (κ2) is 6.09. The number of anilines is 1. The van der Waals surface area contributed by atoms with Crippen LogP contribution >= 0.6 is 0 Å². The lowest BCUT2D eigenvalue weighted by molar-refractivity contribution is -0.119. The summed E-state index contributed by atoms with van der Waals surface area (Å²) in [4.78, 5) is 26.8. The van der Waals surface area contributed by atoms with Gasteiger partial charge in [-0.1, -0.05) is 38.1 Å². The highest BCUT2D eigenvalue weighted by Gasteiger charge is 2.64. The molecule has 0 aromatic heterocycles. The smallest absolute Gasteiger partial charge is 0.416 e. The van der Waals surface area contributed by atoms with Gasteiger partial charge in [-0.2, -0.15) is 0 Å². The highest BCUT2D eigenvalue weighted by atomic mass is 16.6. The predicted molar refractivity (Wildman–Crippen MR) is 105 cm³/mol. The van der Waals surface area contributed by atoms with E-state index in [-0.39, 0.29) is 0 Å². The molecule has 0 unspecified atom stereocenters. The number of carbonyl (C=O) groups is 2. The van der Waals surface area contributed by atoms with Crippen LogP contribution in [-0.2, 0) is 14.9 Å².